The molecule has 1 saturated heterocycles. The van der Waals surface area contributed by atoms with Crippen LogP contribution in [0.2, 0.25) is 0 Å². The van der Waals surface area contributed by atoms with E-state index in [2.05, 4.69) is 10.6 Å². The van der Waals surface area contributed by atoms with E-state index in [1.807, 2.05) is 25.7 Å². The second-order valence-electron chi connectivity index (χ2n) is 8.49. The lowest BCUT2D eigenvalue weighted by atomic mass is 10.0. The summed E-state index contributed by atoms with van der Waals surface area (Å²) in [7, 11) is 1.58. The molecule has 3 rings (SSSR count). The molecule has 1 heterocycles. The molecule has 2 N–H and O–H groups in total. The normalized spacial score (nSPS) is 20.0. The van der Waals surface area contributed by atoms with Crippen LogP contribution in [-0.2, 0) is 9.59 Å². The molecule has 2 atom stereocenters. The molecule has 1 aliphatic carbocycles. The van der Waals surface area contributed by atoms with Crippen molar-refractivity contribution in [2.45, 2.75) is 45.7 Å². The molecule has 0 spiro atoms. The van der Waals surface area contributed by atoms with Gasteiger partial charge in [-0.15, -0.1) is 0 Å². The van der Waals surface area contributed by atoms with Gasteiger partial charge in [0, 0.05) is 37.3 Å². The van der Waals surface area contributed by atoms with Gasteiger partial charge in [-0.2, -0.15) is 0 Å². The molecule has 1 aliphatic heterocycles. The largest absolute Gasteiger partial charge is 0.497 e. The van der Waals surface area contributed by atoms with Crippen LogP contribution in [0.5, 0.6) is 5.75 Å². The Labute approximate surface area is 177 Å². The average molecular weight is 417 g/mol. The molecule has 8 heteroatoms. The van der Waals surface area contributed by atoms with E-state index in [4.69, 9.17) is 4.74 Å². The molecule has 30 heavy (non-hydrogen) atoms. The SMILES string of the molecule is COc1ccc(NC(=O)NC(C(=O)N2CCN(C(=O)C3CC3)C(C)C2)C(C)C)cc1. The van der Waals surface area contributed by atoms with Crippen molar-refractivity contribution in [2.24, 2.45) is 11.8 Å². The Morgan fingerprint density at radius 3 is 2.30 bits per heavy atom. The number of urea groups is 1. The standard InChI is InChI=1S/C22H32N4O4/c1-14(2)19(24-22(29)23-17-7-9-18(30-4)10-8-17)21(28)25-11-12-26(15(3)13-25)20(27)16-5-6-16/h7-10,14-16,19H,5-6,11-13H2,1-4H3,(H2,23,24,29). The molecule has 0 aromatic heterocycles. The van der Waals surface area contributed by atoms with Gasteiger partial charge >= 0.3 is 6.03 Å². The van der Waals surface area contributed by atoms with Crippen molar-refractivity contribution in [1.82, 2.24) is 15.1 Å². The number of carbonyl (C=O) groups is 3. The Morgan fingerprint density at radius 2 is 1.77 bits per heavy atom. The topological polar surface area (TPSA) is 91.0 Å². The molecular formula is C22H32N4O4. The van der Waals surface area contributed by atoms with Crippen molar-refractivity contribution >= 4 is 23.5 Å². The summed E-state index contributed by atoms with van der Waals surface area (Å²) in [5, 5.41) is 5.57. The number of benzene rings is 1. The van der Waals surface area contributed by atoms with Crippen LogP contribution in [0.3, 0.4) is 0 Å². The Bertz CT molecular complexity index is 776. The fourth-order valence-corrected chi connectivity index (χ4v) is 3.74. The average Bonchev–Trinajstić information content (AvgIpc) is 3.56. The monoisotopic (exact) mass is 416 g/mol. The van der Waals surface area contributed by atoms with E-state index in [0.717, 1.165) is 12.8 Å². The van der Waals surface area contributed by atoms with Crippen LogP contribution < -0.4 is 15.4 Å². The summed E-state index contributed by atoms with van der Waals surface area (Å²) in [6.07, 6.45) is 1.96. The van der Waals surface area contributed by atoms with Crippen molar-refractivity contribution in [3.05, 3.63) is 24.3 Å². The van der Waals surface area contributed by atoms with Crippen molar-refractivity contribution in [3.8, 4) is 5.75 Å². The highest BCUT2D eigenvalue weighted by atomic mass is 16.5. The molecule has 8 nitrogen and oxygen atoms in total. The van der Waals surface area contributed by atoms with Crippen molar-refractivity contribution in [2.75, 3.05) is 32.1 Å². The summed E-state index contributed by atoms with van der Waals surface area (Å²) in [5.41, 5.74) is 0.615. The summed E-state index contributed by atoms with van der Waals surface area (Å²) in [6, 6.07) is 5.90. The van der Waals surface area contributed by atoms with Gasteiger partial charge in [0.05, 0.1) is 7.11 Å². The van der Waals surface area contributed by atoms with Crippen LogP contribution in [0.4, 0.5) is 10.5 Å². The molecule has 1 saturated carbocycles. The van der Waals surface area contributed by atoms with Gasteiger partial charge in [0.1, 0.15) is 11.8 Å². The summed E-state index contributed by atoms with van der Waals surface area (Å²) < 4.78 is 5.11. The molecule has 2 fully saturated rings. The minimum Gasteiger partial charge on any atom is -0.497 e. The number of anilines is 1. The number of nitrogens with one attached hydrogen (secondary N) is 2. The highest BCUT2D eigenvalue weighted by molar-refractivity contribution is 5.94. The van der Waals surface area contributed by atoms with Gasteiger partial charge in [-0.25, -0.2) is 4.79 Å². The maximum absolute atomic E-state index is 13.1. The highest BCUT2D eigenvalue weighted by Crippen LogP contribution is 2.32. The van der Waals surface area contributed by atoms with Crippen LogP contribution in [0.15, 0.2) is 24.3 Å². The second kappa shape index (κ2) is 9.36. The van der Waals surface area contributed by atoms with E-state index >= 15 is 0 Å². The number of hydrogen-bond acceptors (Lipinski definition) is 4. The molecule has 2 aliphatic rings. The number of amides is 4. The van der Waals surface area contributed by atoms with E-state index in [9.17, 15) is 14.4 Å². The number of carbonyl (C=O) groups excluding carboxylic acids is 3. The first-order chi connectivity index (χ1) is 14.3. The van der Waals surface area contributed by atoms with Crippen molar-refractivity contribution in [1.29, 1.82) is 0 Å². The van der Waals surface area contributed by atoms with E-state index in [1.165, 1.54) is 0 Å². The summed E-state index contributed by atoms with van der Waals surface area (Å²) in [5.74, 6) is 0.916. The van der Waals surface area contributed by atoms with Crippen molar-refractivity contribution < 1.29 is 19.1 Å². The third kappa shape index (κ3) is 5.23. The molecule has 0 bridgehead atoms. The number of rotatable bonds is 6. The van der Waals surface area contributed by atoms with E-state index in [1.54, 1.807) is 36.3 Å². The Balaban J connectivity index is 1.57. The number of piperazine rings is 1. The summed E-state index contributed by atoms with van der Waals surface area (Å²) in [4.78, 5) is 41.7. The van der Waals surface area contributed by atoms with E-state index < -0.39 is 12.1 Å². The zero-order chi connectivity index (χ0) is 21.8. The van der Waals surface area contributed by atoms with E-state index in [0.29, 0.717) is 31.1 Å². The molecule has 2 unspecified atom stereocenters. The smallest absolute Gasteiger partial charge is 0.319 e. The third-order valence-corrected chi connectivity index (χ3v) is 5.72. The molecule has 164 valence electrons. The van der Waals surface area contributed by atoms with Crippen LogP contribution in [0.25, 0.3) is 0 Å². The first-order valence-corrected chi connectivity index (χ1v) is 10.6. The Kier molecular flexibility index (Phi) is 6.84. The Hall–Kier alpha value is -2.77. The Morgan fingerprint density at radius 1 is 1.10 bits per heavy atom. The molecular weight excluding hydrogens is 384 g/mol. The summed E-state index contributed by atoms with van der Waals surface area (Å²) >= 11 is 0. The van der Waals surface area contributed by atoms with Crippen LogP contribution in [0.1, 0.15) is 33.6 Å². The lowest BCUT2D eigenvalue weighted by Gasteiger charge is -2.41. The maximum atomic E-state index is 13.1. The van der Waals surface area contributed by atoms with Gasteiger partial charge in [-0.05, 0) is 49.9 Å². The van der Waals surface area contributed by atoms with E-state index in [-0.39, 0.29) is 29.7 Å². The van der Waals surface area contributed by atoms with Gasteiger partial charge < -0.3 is 25.2 Å². The molecule has 0 radical (unpaired) electrons. The van der Waals surface area contributed by atoms with Crippen LogP contribution in [-0.4, -0.2) is 66.5 Å². The van der Waals surface area contributed by atoms with Gasteiger partial charge in [0.15, 0.2) is 0 Å². The zero-order valence-corrected chi connectivity index (χ0v) is 18.2. The van der Waals surface area contributed by atoms with Crippen LogP contribution in [0, 0.1) is 11.8 Å². The number of methoxy groups -OCH3 is 1. The lowest BCUT2D eigenvalue weighted by Crippen LogP contribution is -2.60. The van der Waals surface area contributed by atoms with Gasteiger partial charge in [0.2, 0.25) is 11.8 Å². The minimum atomic E-state index is -0.638. The number of ether oxygens (including phenoxy) is 1. The molecule has 1 aromatic rings. The predicted octanol–water partition coefficient (Wildman–Crippen LogP) is 2.31. The fraction of sp³-hybridized carbons (Fsp3) is 0.591. The first-order valence-electron chi connectivity index (χ1n) is 10.6. The maximum Gasteiger partial charge on any atom is 0.319 e. The van der Waals surface area contributed by atoms with Gasteiger partial charge in [0.25, 0.3) is 0 Å². The fourth-order valence-electron chi connectivity index (χ4n) is 3.74. The minimum absolute atomic E-state index is 0.0169. The third-order valence-electron chi connectivity index (χ3n) is 5.72. The lowest BCUT2D eigenvalue weighted by molar-refractivity contribution is -0.144. The molecule has 4 amide bonds. The van der Waals surface area contributed by atoms with Crippen molar-refractivity contribution in [3.63, 3.8) is 0 Å². The summed E-state index contributed by atoms with van der Waals surface area (Å²) in [6.45, 7) is 7.33. The number of nitrogens with zero attached hydrogens (tertiary/aromatic N) is 2. The molecule has 1 aromatic carbocycles. The second-order valence-corrected chi connectivity index (χ2v) is 8.49. The first kappa shape index (κ1) is 21.9. The zero-order valence-electron chi connectivity index (χ0n) is 18.2. The van der Waals surface area contributed by atoms with Gasteiger partial charge in [-0.1, -0.05) is 13.8 Å². The van der Waals surface area contributed by atoms with Crippen LogP contribution >= 0.6 is 0 Å². The number of hydrogen-bond donors (Lipinski definition) is 2. The highest BCUT2D eigenvalue weighted by Gasteiger charge is 2.39. The van der Waals surface area contributed by atoms with Gasteiger partial charge in [-0.3, -0.25) is 9.59 Å². The predicted molar refractivity (Wildman–Crippen MR) is 114 cm³/mol. The quantitative estimate of drug-likeness (QED) is 0.745.